The largest absolute Gasteiger partial charge is 0.481 e. The van der Waals surface area contributed by atoms with E-state index in [1.54, 1.807) is 20.8 Å². The molecule has 3 N–H and O–H groups in total. The Balaban J connectivity index is 1.51. The van der Waals surface area contributed by atoms with Crippen LogP contribution in [-0.2, 0) is 28.9 Å². The van der Waals surface area contributed by atoms with Gasteiger partial charge in [-0.3, -0.25) is 4.79 Å². The van der Waals surface area contributed by atoms with Crippen molar-refractivity contribution in [3.63, 3.8) is 0 Å². The van der Waals surface area contributed by atoms with Gasteiger partial charge in [-0.15, -0.1) is 0 Å². The summed E-state index contributed by atoms with van der Waals surface area (Å²) in [7, 11) is -4.81. The first-order valence-electron chi connectivity index (χ1n) is 14.7. The van der Waals surface area contributed by atoms with Crippen molar-refractivity contribution in [2.24, 2.45) is 23.2 Å². The molecule has 2 bridgehead atoms. The third-order valence-electron chi connectivity index (χ3n) is 8.96. The summed E-state index contributed by atoms with van der Waals surface area (Å²) in [4.78, 5) is 26.2. The summed E-state index contributed by atoms with van der Waals surface area (Å²) in [5, 5.41) is 5.47. The minimum absolute atomic E-state index is 0.0796. The highest BCUT2D eigenvalue weighted by atomic mass is 32.2. The zero-order valence-electron chi connectivity index (χ0n) is 25.8. The van der Waals surface area contributed by atoms with Gasteiger partial charge < -0.3 is 24.7 Å². The lowest BCUT2D eigenvalue weighted by Gasteiger charge is -2.64. The number of carbonyl (C=O) groups is 2. The van der Waals surface area contributed by atoms with Crippen molar-refractivity contribution in [1.82, 2.24) is 15.4 Å². The van der Waals surface area contributed by atoms with Crippen LogP contribution in [0.2, 0.25) is 0 Å². The molecule has 10 nitrogen and oxygen atoms in total. The lowest BCUT2D eigenvalue weighted by Crippen LogP contribution is -2.65. The second-order valence-corrected chi connectivity index (χ2v) is 15.9. The predicted octanol–water partition coefficient (Wildman–Crippen LogP) is 3.80. The highest BCUT2D eigenvalue weighted by molar-refractivity contribution is 7.89. The maximum Gasteiger partial charge on any atom is 0.481 e. The van der Waals surface area contributed by atoms with Gasteiger partial charge in [-0.1, -0.05) is 27.7 Å². The summed E-state index contributed by atoms with van der Waals surface area (Å²) in [5.41, 5.74) is -1.16. The number of ether oxygens (including phenoxy) is 1. The molecular weight excluding hydrogens is 564 g/mol. The van der Waals surface area contributed by atoms with Gasteiger partial charge in [0.15, 0.2) is 0 Å². The Hall–Kier alpha value is -2.22. The fourth-order valence-electron chi connectivity index (χ4n) is 6.65. The number of nitrogens with one attached hydrogen (secondary N) is 3. The molecule has 0 aromatic heterocycles. The van der Waals surface area contributed by atoms with Crippen molar-refractivity contribution < 1.29 is 36.4 Å². The Morgan fingerprint density at radius 3 is 2.33 bits per heavy atom. The zero-order valence-corrected chi connectivity index (χ0v) is 26.6. The molecule has 4 aliphatic rings. The average molecular weight is 610 g/mol. The normalized spacial score (nSPS) is 28.0. The van der Waals surface area contributed by atoms with E-state index >= 15 is 0 Å². The van der Waals surface area contributed by atoms with Gasteiger partial charge in [-0.25, -0.2) is 22.3 Å². The molecule has 0 spiro atoms. The highest BCUT2D eigenvalue weighted by Crippen LogP contribution is 2.65. The summed E-state index contributed by atoms with van der Waals surface area (Å²) in [5.74, 6) is -0.659. The van der Waals surface area contributed by atoms with Crippen molar-refractivity contribution in [1.29, 1.82) is 0 Å². The molecule has 6 atom stereocenters. The Kier molecular flexibility index (Phi) is 9.11. The van der Waals surface area contributed by atoms with Crippen LogP contribution < -0.4 is 15.4 Å². The summed E-state index contributed by atoms with van der Waals surface area (Å²) in [6.45, 7) is 15.3. The molecule has 1 aliphatic heterocycles. The van der Waals surface area contributed by atoms with Gasteiger partial charge in [0.1, 0.15) is 17.5 Å². The van der Waals surface area contributed by atoms with Crippen molar-refractivity contribution in [3.8, 4) is 0 Å². The highest BCUT2D eigenvalue weighted by Gasteiger charge is 2.68. The molecule has 4 fully saturated rings. The second kappa shape index (κ2) is 11.7. The molecule has 3 saturated carbocycles. The number of alkyl carbamates (subject to hydrolysis) is 1. The number of carbonyl (C=O) groups excluding carboxylic acids is 2. The topological polar surface area (TPSA) is 132 Å². The molecule has 5 rings (SSSR count). The number of hydrogen-bond donors (Lipinski definition) is 3. The van der Waals surface area contributed by atoms with Crippen molar-refractivity contribution in [3.05, 3.63) is 30.1 Å². The molecule has 0 unspecified atom stereocenters. The van der Waals surface area contributed by atoms with E-state index in [0.717, 1.165) is 37.1 Å². The number of rotatable bonds is 10. The van der Waals surface area contributed by atoms with Gasteiger partial charge in [0, 0.05) is 6.54 Å². The van der Waals surface area contributed by atoms with E-state index in [1.165, 1.54) is 0 Å². The molecule has 1 aromatic carbocycles. The van der Waals surface area contributed by atoms with Crippen LogP contribution >= 0.6 is 0 Å². The Morgan fingerprint density at radius 2 is 1.76 bits per heavy atom. The van der Waals surface area contributed by atoms with Crippen LogP contribution in [0, 0.1) is 29.0 Å². The molecule has 3 aliphatic carbocycles. The monoisotopic (exact) mass is 609 g/mol. The van der Waals surface area contributed by atoms with E-state index in [4.69, 9.17) is 14.0 Å². The van der Waals surface area contributed by atoms with Gasteiger partial charge in [0.25, 0.3) is 0 Å². The first-order chi connectivity index (χ1) is 19.3. The van der Waals surface area contributed by atoms with Crippen LogP contribution in [0.3, 0.4) is 0 Å². The fourth-order valence-corrected chi connectivity index (χ4v) is 7.70. The third kappa shape index (κ3) is 6.95. The molecule has 234 valence electrons. The van der Waals surface area contributed by atoms with Crippen LogP contribution in [0.5, 0.6) is 0 Å². The van der Waals surface area contributed by atoms with E-state index in [0.29, 0.717) is 18.3 Å². The van der Waals surface area contributed by atoms with Gasteiger partial charge in [-0.05, 0) is 94.4 Å². The number of amides is 2. The molecule has 2 amide bonds. The number of halogens is 1. The van der Waals surface area contributed by atoms with E-state index in [-0.39, 0.29) is 22.3 Å². The van der Waals surface area contributed by atoms with E-state index in [9.17, 15) is 22.4 Å². The lowest BCUT2D eigenvalue weighted by molar-refractivity contribution is -0.199. The van der Waals surface area contributed by atoms with E-state index in [2.05, 4.69) is 36.1 Å². The third-order valence-corrected chi connectivity index (χ3v) is 10.4. The molecule has 1 aromatic rings. The average Bonchev–Trinajstić information content (AvgIpc) is 3.22. The van der Waals surface area contributed by atoms with Crippen LogP contribution in [0.4, 0.5) is 9.18 Å². The van der Waals surface area contributed by atoms with Crippen LogP contribution in [0.15, 0.2) is 29.2 Å². The zero-order chi connectivity index (χ0) is 31.3. The minimum atomic E-state index is -4.11. The van der Waals surface area contributed by atoms with Crippen LogP contribution in [0.25, 0.3) is 0 Å². The Labute approximate surface area is 249 Å². The number of hydrogen-bond acceptors (Lipinski definition) is 7. The first kappa shape index (κ1) is 32.7. The Bertz CT molecular complexity index is 1270. The SMILES string of the molecule is CC(C)C[C@H](NC(=O)[C@H](CNS(=O)(=O)c1ccc(F)cc1)NC(=O)OC(C)(C)C)B1O[C@@H]2C[C@@H]3C[C@@H](C3(C)C)[C@]2(C)O1. The fraction of sp³-hybridized carbons (Fsp3) is 0.724. The van der Waals surface area contributed by atoms with Crippen molar-refractivity contribution >= 4 is 29.1 Å². The van der Waals surface area contributed by atoms with Crippen LogP contribution in [0.1, 0.15) is 74.7 Å². The predicted molar refractivity (Wildman–Crippen MR) is 156 cm³/mol. The molecule has 1 saturated heterocycles. The van der Waals surface area contributed by atoms with Gasteiger partial charge in [-0.2, -0.15) is 0 Å². The van der Waals surface area contributed by atoms with Gasteiger partial charge >= 0.3 is 13.2 Å². The molecule has 0 radical (unpaired) electrons. The number of benzene rings is 1. The standard InChI is InChI=1S/C29H45BFN3O7S/c1-17(2)13-24(30-40-23-15-18-14-22(28(18,6)7)29(23,8)41-30)34-25(35)21(33-26(36)39-27(3,4)5)16-32-42(37,38)20-11-9-19(31)10-12-20/h9-12,17-18,21-24,32H,13-16H2,1-8H3,(H,33,36)(H,34,35)/t18-,21-,22-,23+,24-,29-/m0/s1. The minimum Gasteiger partial charge on any atom is -0.444 e. The molecule has 13 heteroatoms. The van der Waals surface area contributed by atoms with E-state index < -0.39 is 64.7 Å². The Morgan fingerprint density at radius 1 is 1.12 bits per heavy atom. The van der Waals surface area contributed by atoms with Crippen LogP contribution in [-0.4, -0.2) is 63.4 Å². The first-order valence-corrected chi connectivity index (χ1v) is 16.2. The quantitative estimate of drug-likeness (QED) is 0.344. The summed E-state index contributed by atoms with van der Waals surface area (Å²) < 4.78 is 59.9. The lowest BCUT2D eigenvalue weighted by atomic mass is 9.43. The molecular formula is C29H45BFN3O7S. The second-order valence-electron chi connectivity index (χ2n) is 14.1. The summed E-state index contributed by atoms with van der Waals surface area (Å²) in [6, 6.07) is 2.97. The summed E-state index contributed by atoms with van der Waals surface area (Å²) in [6.07, 6.45) is 1.57. The molecule has 1 heterocycles. The maximum atomic E-state index is 13.7. The van der Waals surface area contributed by atoms with Gasteiger partial charge in [0.05, 0.1) is 22.5 Å². The van der Waals surface area contributed by atoms with E-state index in [1.807, 2.05) is 13.8 Å². The molecule has 42 heavy (non-hydrogen) atoms. The van der Waals surface area contributed by atoms with Gasteiger partial charge in [0.2, 0.25) is 15.9 Å². The smallest absolute Gasteiger partial charge is 0.444 e. The van der Waals surface area contributed by atoms with Crippen molar-refractivity contribution in [2.75, 3.05) is 6.54 Å². The number of sulfonamides is 1. The summed E-state index contributed by atoms with van der Waals surface area (Å²) >= 11 is 0. The maximum absolute atomic E-state index is 13.7. The van der Waals surface area contributed by atoms with Crippen molar-refractivity contribution in [2.45, 2.75) is 109 Å².